The van der Waals surface area contributed by atoms with Crippen LogP contribution in [0.5, 0.6) is 0 Å². The van der Waals surface area contributed by atoms with Crippen LogP contribution >= 0.6 is 0 Å². The van der Waals surface area contributed by atoms with Gasteiger partial charge in [0.05, 0.1) is 0 Å². The van der Waals surface area contributed by atoms with Crippen LogP contribution in [-0.4, -0.2) is 11.8 Å². The van der Waals surface area contributed by atoms with Gasteiger partial charge in [-0.05, 0) is 17.9 Å². The standard InChI is InChI=1S/C10H15NO/c1-9(8-11-12)7-10-5-3-2-4-6-10/h2-6,9,11-12H,7-8H2,1H3. The number of nitrogens with one attached hydrogen (secondary N) is 1. The smallest absolute Gasteiger partial charge is 0.0236 e. The zero-order valence-electron chi connectivity index (χ0n) is 7.33. The largest absolute Gasteiger partial charge is 0.317 e. The molecule has 1 aromatic rings. The quantitative estimate of drug-likeness (QED) is 0.667. The van der Waals surface area contributed by atoms with Gasteiger partial charge in [0.2, 0.25) is 0 Å². The maximum absolute atomic E-state index is 8.46. The van der Waals surface area contributed by atoms with Gasteiger partial charge in [0.15, 0.2) is 0 Å². The molecule has 0 radical (unpaired) electrons. The lowest BCUT2D eigenvalue weighted by atomic mass is 10.0. The van der Waals surface area contributed by atoms with Crippen molar-refractivity contribution in [3.63, 3.8) is 0 Å². The monoisotopic (exact) mass is 165 g/mol. The lowest BCUT2D eigenvalue weighted by Crippen LogP contribution is -2.18. The highest BCUT2D eigenvalue weighted by Gasteiger charge is 2.01. The first-order chi connectivity index (χ1) is 5.83. The molecule has 66 valence electrons. The molecule has 0 aromatic heterocycles. The van der Waals surface area contributed by atoms with Crippen molar-refractivity contribution >= 4 is 0 Å². The zero-order valence-corrected chi connectivity index (χ0v) is 7.33. The molecule has 1 aromatic carbocycles. The molecule has 0 bridgehead atoms. The van der Waals surface area contributed by atoms with Crippen molar-refractivity contribution in [2.45, 2.75) is 13.3 Å². The molecular formula is C10H15NO. The number of hydrogen-bond acceptors (Lipinski definition) is 2. The first kappa shape index (κ1) is 9.23. The normalized spacial score (nSPS) is 12.8. The Kier molecular flexibility index (Phi) is 3.77. The average molecular weight is 165 g/mol. The maximum atomic E-state index is 8.46. The molecule has 1 atom stereocenters. The van der Waals surface area contributed by atoms with Crippen molar-refractivity contribution in [2.24, 2.45) is 5.92 Å². The number of rotatable bonds is 4. The summed E-state index contributed by atoms with van der Waals surface area (Å²) in [6, 6.07) is 10.3. The lowest BCUT2D eigenvalue weighted by Gasteiger charge is -2.09. The Balaban J connectivity index is 2.41. The molecule has 0 saturated heterocycles. The highest BCUT2D eigenvalue weighted by molar-refractivity contribution is 5.15. The van der Waals surface area contributed by atoms with E-state index < -0.39 is 0 Å². The third-order valence-corrected chi connectivity index (χ3v) is 1.87. The van der Waals surface area contributed by atoms with Gasteiger partial charge in [-0.15, -0.1) is 0 Å². The molecule has 2 heteroatoms. The second-order valence-electron chi connectivity index (χ2n) is 3.16. The van der Waals surface area contributed by atoms with Gasteiger partial charge >= 0.3 is 0 Å². The highest BCUT2D eigenvalue weighted by Crippen LogP contribution is 2.06. The van der Waals surface area contributed by atoms with Crippen molar-refractivity contribution in [3.05, 3.63) is 35.9 Å². The Morgan fingerprint density at radius 3 is 2.58 bits per heavy atom. The van der Waals surface area contributed by atoms with Crippen LogP contribution in [-0.2, 0) is 6.42 Å². The molecule has 0 amide bonds. The van der Waals surface area contributed by atoms with Gasteiger partial charge in [0.1, 0.15) is 0 Å². The molecule has 0 aliphatic rings. The molecule has 0 aliphatic heterocycles. The third-order valence-electron chi connectivity index (χ3n) is 1.87. The molecule has 0 saturated carbocycles. The second-order valence-corrected chi connectivity index (χ2v) is 3.16. The van der Waals surface area contributed by atoms with Crippen molar-refractivity contribution in [1.29, 1.82) is 0 Å². The van der Waals surface area contributed by atoms with Crippen molar-refractivity contribution in [1.82, 2.24) is 5.48 Å². The first-order valence-electron chi connectivity index (χ1n) is 4.24. The van der Waals surface area contributed by atoms with Gasteiger partial charge in [-0.1, -0.05) is 37.3 Å². The molecule has 1 rings (SSSR count). The maximum Gasteiger partial charge on any atom is 0.0236 e. The van der Waals surface area contributed by atoms with Crippen LogP contribution in [0.3, 0.4) is 0 Å². The SMILES string of the molecule is CC(CNO)Cc1ccccc1. The van der Waals surface area contributed by atoms with E-state index >= 15 is 0 Å². The highest BCUT2D eigenvalue weighted by atomic mass is 16.5. The van der Waals surface area contributed by atoms with E-state index in [0.29, 0.717) is 12.5 Å². The third kappa shape index (κ3) is 3.03. The van der Waals surface area contributed by atoms with Gasteiger partial charge in [-0.25, -0.2) is 5.48 Å². The second kappa shape index (κ2) is 4.91. The number of benzene rings is 1. The van der Waals surface area contributed by atoms with E-state index in [1.807, 2.05) is 18.2 Å². The molecule has 2 N–H and O–H groups in total. The summed E-state index contributed by atoms with van der Waals surface area (Å²) in [7, 11) is 0. The molecule has 0 fully saturated rings. The molecular weight excluding hydrogens is 150 g/mol. The summed E-state index contributed by atoms with van der Waals surface area (Å²) in [6.07, 6.45) is 1.01. The van der Waals surface area contributed by atoms with Crippen LogP contribution in [0.4, 0.5) is 0 Å². The summed E-state index contributed by atoms with van der Waals surface area (Å²) >= 11 is 0. The van der Waals surface area contributed by atoms with Crippen molar-refractivity contribution in [2.75, 3.05) is 6.54 Å². The van der Waals surface area contributed by atoms with Crippen LogP contribution in [0.2, 0.25) is 0 Å². The van der Waals surface area contributed by atoms with Gasteiger partial charge in [0.25, 0.3) is 0 Å². The van der Waals surface area contributed by atoms with Gasteiger partial charge in [-0.2, -0.15) is 0 Å². The van der Waals surface area contributed by atoms with E-state index in [0.717, 1.165) is 6.42 Å². The fourth-order valence-electron chi connectivity index (χ4n) is 1.24. The van der Waals surface area contributed by atoms with Gasteiger partial charge < -0.3 is 5.21 Å². The van der Waals surface area contributed by atoms with Gasteiger partial charge in [0, 0.05) is 6.54 Å². The Hall–Kier alpha value is -0.860. The summed E-state index contributed by atoms with van der Waals surface area (Å²) in [5.41, 5.74) is 3.51. The van der Waals surface area contributed by atoms with Gasteiger partial charge in [-0.3, -0.25) is 0 Å². The zero-order chi connectivity index (χ0) is 8.81. The molecule has 1 unspecified atom stereocenters. The minimum atomic E-state index is 0.470. The summed E-state index contributed by atoms with van der Waals surface area (Å²) in [5.74, 6) is 0.470. The van der Waals surface area contributed by atoms with Crippen molar-refractivity contribution < 1.29 is 5.21 Å². The summed E-state index contributed by atoms with van der Waals surface area (Å²) < 4.78 is 0. The molecule has 0 heterocycles. The van der Waals surface area contributed by atoms with Crippen LogP contribution in [0.25, 0.3) is 0 Å². The summed E-state index contributed by atoms with van der Waals surface area (Å²) in [6.45, 7) is 2.76. The fourth-order valence-corrected chi connectivity index (χ4v) is 1.24. The predicted molar refractivity (Wildman–Crippen MR) is 49.1 cm³/mol. The topological polar surface area (TPSA) is 32.3 Å². The Bertz CT molecular complexity index is 210. The van der Waals surface area contributed by atoms with Crippen molar-refractivity contribution in [3.8, 4) is 0 Å². The molecule has 0 aliphatic carbocycles. The number of hydrogen-bond donors (Lipinski definition) is 2. The van der Waals surface area contributed by atoms with Crippen LogP contribution in [0, 0.1) is 5.92 Å². The van der Waals surface area contributed by atoms with Crippen LogP contribution in [0.15, 0.2) is 30.3 Å². The van der Waals surface area contributed by atoms with E-state index in [1.165, 1.54) is 5.56 Å². The molecule has 12 heavy (non-hydrogen) atoms. The average Bonchev–Trinajstić information content (AvgIpc) is 2.06. The first-order valence-corrected chi connectivity index (χ1v) is 4.24. The Morgan fingerprint density at radius 1 is 1.33 bits per heavy atom. The lowest BCUT2D eigenvalue weighted by molar-refractivity contribution is 0.151. The van der Waals surface area contributed by atoms with E-state index in [2.05, 4.69) is 24.5 Å². The molecule has 0 spiro atoms. The summed E-state index contributed by atoms with van der Waals surface area (Å²) in [4.78, 5) is 0. The molecule has 2 nitrogen and oxygen atoms in total. The Labute approximate surface area is 73.2 Å². The van der Waals surface area contributed by atoms with E-state index in [9.17, 15) is 0 Å². The van der Waals surface area contributed by atoms with Crippen LogP contribution in [0.1, 0.15) is 12.5 Å². The van der Waals surface area contributed by atoms with Crippen LogP contribution < -0.4 is 5.48 Å². The predicted octanol–water partition coefficient (Wildman–Crippen LogP) is 1.84. The van der Waals surface area contributed by atoms with E-state index in [1.54, 1.807) is 0 Å². The summed E-state index contributed by atoms with van der Waals surface area (Å²) in [5, 5.41) is 8.46. The van der Waals surface area contributed by atoms with E-state index in [-0.39, 0.29) is 0 Å². The fraction of sp³-hybridized carbons (Fsp3) is 0.400. The van der Waals surface area contributed by atoms with E-state index in [4.69, 9.17) is 5.21 Å². The Morgan fingerprint density at radius 2 is 2.00 bits per heavy atom. The minimum absolute atomic E-state index is 0.470. The minimum Gasteiger partial charge on any atom is -0.317 e. The number of hydroxylamine groups is 1.